The van der Waals surface area contributed by atoms with Crippen LogP contribution in [0.5, 0.6) is 0 Å². The monoisotopic (exact) mass is 263 g/mol. The summed E-state index contributed by atoms with van der Waals surface area (Å²) in [5.74, 6) is 1.10. The third-order valence-corrected chi connectivity index (χ3v) is 4.03. The van der Waals surface area contributed by atoms with Gasteiger partial charge in [-0.05, 0) is 6.07 Å². The molecule has 0 saturated heterocycles. The number of imidazole rings is 1. The zero-order valence-electron chi connectivity index (χ0n) is 10.9. The Hall–Kier alpha value is -2.69. The molecule has 0 radical (unpaired) electrons. The molecule has 4 aromatic heterocycles. The molecule has 4 aromatic rings. The molecule has 0 saturated carbocycles. The Balaban J connectivity index is 1.98. The zero-order chi connectivity index (χ0) is 13.3. The maximum atomic E-state index is 6.02. The first kappa shape index (κ1) is 10.1. The topological polar surface area (TPSA) is 47.7 Å². The van der Waals surface area contributed by atoms with E-state index in [9.17, 15) is 0 Å². The van der Waals surface area contributed by atoms with Gasteiger partial charge in [0.25, 0.3) is 0 Å². The molecule has 0 aliphatic carbocycles. The lowest BCUT2D eigenvalue weighted by Crippen LogP contribution is -2.31. The summed E-state index contributed by atoms with van der Waals surface area (Å²) < 4.78 is 10.4. The number of hydrogen-bond donors (Lipinski definition) is 0. The smallest absolute Gasteiger partial charge is 0.339 e. The van der Waals surface area contributed by atoms with E-state index in [0.29, 0.717) is 0 Å². The van der Waals surface area contributed by atoms with Gasteiger partial charge in [-0.25, -0.2) is 9.55 Å². The van der Waals surface area contributed by atoms with Crippen molar-refractivity contribution in [3.8, 4) is 11.5 Å². The molecule has 0 unspecified atom stereocenters. The Bertz CT molecular complexity index is 996. The average molecular weight is 263 g/mol. The highest BCUT2D eigenvalue weighted by Crippen LogP contribution is 2.33. The molecule has 5 nitrogen and oxygen atoms in total. The minimum atomic E-state index is 0.809. The number of pyridine rings is 2. The molecule has 0 atom stereocenters. The molecule has 0 aromatic carbocycles. The molecule has 5 rings (SSSR count). The van der Waals surface area contributed by atoms with E-state index in [0.717, 1.165) is 40.3 Å². The quantitative estimate of drug-likeness (QED) is 0.402. The number of rotatable bonds is 0. The van der Waals surface area contributed by atoms with Crippen LogP contribution in [0.1, 0.15) is 5.56 Å². The summed E-state index contributed by atoms with van der Waals surface area (Å²) in [5.41, 5.74) is 5.12. The maximum absolute atomic E-state index is 6.02. The Morgan fingerprint density at radius 1 is 1.30 bits per heavy atom. The molecule has 5 heterocycles. The van der Waals surface area contributed by atoms with Crippen molar-refractivity contribution in [1.29, 1.82) is 0 Å². The summed E-state index contributed by atoms with van der Waals surface area (Å²) in [4.78, 5) is 8.72. The predicted octanol–water partition coefficient (Wildman–Crippen LogP) is 2.03. The third kappa shape index (κ3) is 1.02. The lowest BCUT2D eigenvalue weighted by Gasteiger charge is -1.93. The molecule has 0 N–H and O–H groups in total. The van der Waals surface area contributed by atoms with Crippen LogP contribution in [0.4, 0.5) is 0 Å². The van der Waals surface area contributed by atoms with E-state index >= 15 is 0 Å². The molecule has 0 amide bonds. The van der Waals surface area contributed by atoms with Gasteiger partial charge in [0.1, 0.15) is 12.1 Å². The van der Waals surface area contributed by atoms with Crippen LogP contribution in [0, 0.1) is 0 Å². The first-order valence-electron chi connectivity index (χ1n) is 6.53. The first-order valence-corrected chi connectivity index (χ1v) is 6.53. The van der Waals surface area contributed by atoms with E-state index in [2.05, 4.69) is 32.2 Å². The SMILES string of the molecule is Cn1c2[n+](c3oc4ccncc4c31)Cc1cccnc1-2. The summed E-state index contributed by atoms with van der Waals surface area (Å²) in [6, 6.07) is 6.00. The second-order valence-electron chi connectivity index (χ2n) is 5.11. The maximum Gasteiger partial charge on any atom is 0.339 e. The molecular weight excluding hydrogens is 252 g/mol. The fourth-order valence-electron chi connectivity index (χ4n) is 3.18. The highest BCUT2D eigenvalue weighted by atomic mass is 16.3. The Morgan fingerprint density at radius 3 is 3.20 bits per heavy atom. The molecule has 1 aliphatic heterocycles. The molecule has 0 spiro atoms. The fraction of sp³-hybridized carbons (Fsp3) is 0.133. The van der Waals surface area contributed by atoms with Gasteiger partial charge in [0.2, 0.25) is 5.52 Å². The predicted molar refractivity (Wildman–Crippen MR) is 73.0 cm³/mol. The van der Waals surface area contributed by atoms with Crippen LogP contribution in [0.15, 0.2) is 41.2 Å². The highest BCUT2D eigenvalue weighted by molar-refractivity contribution is 6.00. The van der Waals surface area contributed by atoms with Gasteiger partial charge in [-0.3, -0.25) is 4.98 Å². The van der Waals surface area contributed by atoms with Crippen molar-refractivity contribution >= 4 is 22.2 Å². The van der Waals surface area contributed by atoms with Crippen molar-refractivity contribution in [1.82, 2.24) is 14.5 Å². The van der Waals surface area contributed by atoms with Crippen LogP contribution in [-0.4, -0.2) is 14.5 Å². The summed E-state index contributed by atoms with van der Waals surface area (Å²) in [7, 11) is 2.06. The third-order valence-electron chi connectivity index (χ3n) is 4.03. The number of fused-ring (bicyclic) bond motifs is 7. The van der Waals surface area contributed by atoms with Crippen LogP contribution in [0.3, 0.4) is 0 Å². The van der Waals surface area contributed by atoms with E-state index in [1.807, 2.05) is 24.5 Å². The Labute approximate surface area is 114 Å². The minimum absolute atomic E-state index is 0.809. The zero-order valence-corrected chi connectivity index (χ0v) is 10.9. The summed E-state index contributed by atoms with van der Waals surface area (Å²) >= 11 is 0. The molecule has 5 heteroatoms. The van der Waals surface area contributed by atoms with Crippen molar-refractivity contribution in [2.75, 3.05) is 0 Å². The molecule has 96 valence electrons. The van der Waals surface area contributed by atoms with Crippen LogP contribution < -0.4 is 4.57 Å². The van der Waals surface area contributed by atoms with Crippen LogP contribution in [-0.2, 0) is 13.6 Å². The summed E-state index contributed by atoms with van der Waals surface area (Å²) in [5, 5.41) is 1.05. The number of nitrogens with zero attached hydrogens (tertiary/aromatic N) is 4. The standard InChI is InChI=1S/C15H11N4O/c1-18-13-10-7-16-6-4-11(10)20-15(13)19-8-9-3-2-5-17-12(9)14(18)19/h2-7H,8H2,1H3/q+1. The number of aryl methyl sites for hydroxylation is 1. The molecule has 1 aliphatic rings. The van der Waals surface area contributed by atoms with Crippen molar-refractivity contribution in [2.45, 2.75) is 6.54 Å². The Morgan fingerprint density at radius 2 is 2.25 bits per heavy atom. The van der Waals surface area contributed by atoms with Crippen molar-refractivity contribution in [2.24, 2.45) is 7.05 Å². The normalized spacial score (nSPS) is 13.1. The van der Waals surface area contributed by atoms with E-state index in [1.54, 1.807) is 6.20 Å². The van der Waals surface area contributed by atoms with Gasteiger partial charge in [0.05, 0.1) is 12.4 Å². The highest BCUT2D eigenvalue weighted by Gasteiger charge is 2.36. The first-order chi connectivity index (χ1) is 9.84. The molecule has 0 fully saturated rings. The average Bonchev–Trinajstić information content (AvgIpc) is 3.10. The van der Waals surface area contributed by atoms with Crippen molar-refractivity contribution < 1.29 is 8.98 Å². The Kier molecular flexibility index (Phi) is 1.65. The van der Waals surface area contributed by atoms with Crippen molar-refractivity contribution in [3.63, 3.8) is 0 Å². The number of hydrogen-bond acceptors (Lipinski definition) is 3. The van der Waals surface area contributed by atoms with Crippen LogP contribution in [0.2, 0.25) is 0 Å². The van der Waals surface area contributed by atoms with Gasteiger partial charge in [0, 0.05) is 30.2 Å². The van der Waals surface area contributed by atoms with Gasteiger partial charge in [-0.15, -0.1) is 0 Å². The largest absolute Gasteiger partial charge is 0.419 e. The van der Waals surface area contributed by atoms with E-state index in [-0.39, 0.29) is 0 Å². The van der Waals surface area contributed by atoms with Gasteiger partial charge < -0.3 is 4.42 Å². The van der Waals surface area contributed by atoms with Gasteiger partial charge in [0.15, 0.2) is 5.69 Å². The lowest BCUT2D eigenvalue weighted by molar-refractivity contribution is -0.652. The van der Waals surface area contributed by atoms with Crippen molar-refractivity contribution in [3.05, 3.63) is 42.4 Å². The second kappa shape index (κ2) is 3.25. The second-order valence-corrected chi connectivity index (χ2v) is 5.11. The van der Waals surface area contributed by atoms with Gasteiger partial charge >= 0.3 is 11.5 Å². The lowest BCUT2D eigenvalue weighted by atomic mass is 10.2. The number of aromatic nitrogens is 4. The van der Waals surface area contributed by atoms with E-state index < -0.39 is 0 Å². The summed E-state index contributed by atoms with van der Waals surface area (Å²) in [6.07, 6.45) is 5.45. The molecule has 20 heavy (non-hydrogen) atoms. The summed E-state index contributed by atoms with van der Waals surface area (Å²) in [6.45, 7) is 0.809. The minimum Gasteiger partial charge on any atom is -0.419 e. The fourth-order valence-corrected chi connectivity index (χ4v) is 3.18. The van der Waals surface area contributed by atoms with Crippen LogP contribution in [0.25, 0.3) is 33.7 Å². The number of furan rings is 1. The van der Waals surface area contributed by atoms with Crippen LogP contribution >= 0.6 is 0 Å². The molecule has 0 bridgehead atoms. The van der Waals surface area contributed by atoms with E-state index in [4.69, 9.17) is 4.42 Å². The molecular formula is C15H11N4O+. The van der Waals surface area contributed by atoms with E-state index in [1.165, 1.54) is 5.56 Å². The van der Waals surface area contributed by atoms with Gasteiger partial charge in [-0.1, -0.05) is 6.07 Å². The van der Waals surface area contributed by atoms with Gasteiger partial charge in [-0.2, -0.15) is 4.57 Å².